The van der Waals surface area contributed by atoms with E-state index in [2.05, 4.69) is 36.5 Å². The van der Waals surface area contributed by atoms with Crippen LogP contribution in [0.1, 0.15) is 41.5 Å². The molecule has 27 heavy (non-hydrogen) atoms. The Bertz CT molecular complexity index is 880. The van der Waals surface area contributed by atoms with Gasteiger partial charge in [0.2, 0.25) is 5.91 Å². The molecule has 0 unspecified atom stereocenters. The average molecular weight is 460 g/mol. The molecule has 13 heteroatoms. The molecule has 0 saturated heterocycles. The van der Waals surface area contributed by atoms with Crippen molar-refractivity contribution in [3.63, 3.8) is 0 Å². The van der Waals surface area contributed by atoms with Gasteiger partial charge in [-0.2, -0.15) is 36.5 Å². The predicted molar refractivity (Wildman–Crippen MR) is 83.9 cm³/mol. The molecule has 3 rings (SSSR count). The Labute approximate surface area is 156 Å². The average Bonchev–Trinajstić information content (AvgIpc) is 3.19. The standard InChI is InChI=1S/C14H12BrF6N5O/c1-5-9(12(24-23-5)14(19,20)21)22-7(27)4-26-10(6-2-3-6)8(15)11(25-26)13(16,17)18/h6H,2-4H2,1H3,(H,22,27)(H,23,24). The van der Waals surface area contributed by atoms with Crippen LogP contribution in [0.4, 0.5) is 32.0 Å². The van der Waals surface area contributed by atoms with Crippen LogP contribution in [0, 0.1) is 6.92 Å². The summed E-state index contributed by atoms with van der Waals surface area (Å²) in [6.45, 7) is 0.613. The summed E-state index contributed by atoms with van der Waals surface area (Å²) in [5, 5.41) is 10.7. The van der Waals surface area contributed by atoms with Crippen molar-refractivity contribution in [3.8, 4) is 0 Å². The Morgan fingerprint density at radius 2 is 1.81 bits per heavy atom. The maximum absolute atomic E-state index is 13.1. The number of aromatic nitrogens is 4. The first kappa shape index (κ1) is 19.7. The Morgan fingerprint density at radius 1 is 1.22 bits per heavy atom. The van der Waals surface area contributed by atoms with E-state index in [4.69, 9.17) is 0 Å². The number of alkyl halides is 6. The molecule has 6 nitrogen and oxygen atoms in total. The normalized spacial score (nSPS) is 15.3. The molecule has 1 saturated carbocycles. The van der Waals surface area contributed by atoms with E-state index in [1.54, 1.807) is 0 Å². The van der Waals surface area contributed by atoms with Crippen LogP contribution in [0.3, 0.4) is 0 Å². The fraction of sp³-hybridized carbons (Fsp3) is 0.500. The third-order valence-electron chi connectivity index (χ3n) is 3.94. The number of H-pyrrole nitrogens is 1. The summed E-state index contributed by atoms with van der Waals surface area (Å²) in [5.41, 5.74) is -2.88. The highest BCUT2D eigenvalue weighted by Crippen LogP contribution is 2.47. The highest BCUT2D eigenvalue weighted by Gasteiger charge is 2.42. The SMILES string of the molecule is Cc1[nH]nc(C(F)(F)F)c1NC(=O)Cn1nc(C(F)(F)F)c(Br)c1C1CC1. The van der Waals surface area contributed by atoms with Gasteiger partial charge in [0.05, 0.1) is 21.5 Å². The van der Waals surface area contributed by atoms with Crippen LogP contribution in [0.2, 0.25) is 0 Å². The van der Waals surface area contributed by atoms with Crippen molar-refractivity contribution in [2.75, 3.05) is 5.32 Å². The lowest BCUT2D eigenvalue weighted by Gasteiger charge is -2.10. The second-order valence-electron chi connectivity index (χ2n) is 6.10. The molecule has 1 amide bonds. The Kier molecular flexibility index (Phi) is 4.77. The number of carbonyl (C=O) groups excluding carboxylic acids is 1. The van der Waals surface area contributed by atoms with Gasteiger partial charge in [-0.3, -0.25) is 14.6 Å². The molecule has 1 aliphatic carbocycles. The first-order valence-electron chi connectivity index (χ1n) is 7.65. The van der Waals surface area contributed by atoms with E-state index in [0.717, 1.165) is 4.68 Å². The Balaban J connectivity index is 1.87. The summed E-state index contributed by atoms with van der Waals surface area (Å²) >= 11 is 2.88. The van der Waals surface area contributed by atoms with Crippen LogP contribution in [0.5, 0.6) is 0 Å². The number of rotatable bonds is 4. The summed E-state index contributed by atoms with van der Waals surface area (Å²) in [5.74, 6) is -1.13. The summed E-state index contributed by atoms with van der Waals surface area (Å²) < 4.78 is 78.6. The van der Waals surface area contributed by atoms with Gasteiger partial charge in [-0.25, -0.2) is 0 Å². The van der Waals surface area contributed by atoms with E-state index in [-0.39, 0.29) is 21.8 Å². The highest BCUT2D eigenvalue weighted by molar-refractivity contribution is 9.10. The number of nitrogens with one attached hydrogen (secondary N) is 2. The summed E-state index contributed by atoms with van der Waals surface area (Å²) in [4.78, 5) is 12.2. The molecular weight excluding hydrogens is 448 g/mol. The minimum atomic E-state index is -4.80. The zero-order valence-corrected chi connectivity index (χ0v) is 15.2. The molecule has 2 N–H and O–H groups in total. The maximum atomic E-state index is 13.1. The lowest BCUT2D eigenvalue weighted by atomic mass is 10.2. The van der Waals surface area contributed by atoms with E-state index >= 15 is 0 Å². The zero-order chi connectivity index (χ0) is 20.1. The molecule has 0 atom stereocenters. The number of hydrogen-bond acceptors (Lipinski definition) is 3. The van der Waals surface area contributed by atoms with Crippen molar-refractivity contribution >= 4 is 27.5 Å². The molecule has 2 aromatic rings. The van der Waals surface area contributed by atoms with Gasteiger partial charge in [0, 0.05) is 5.92 Å². The lowest BCUT2D eigenvalue weighted by molar-refractivity contribution is -0.142. The van der Waals surface area contributed by atoms with Gasteiger partial charge in [-0.05, 0) is 35.7 Å². The van der Waals surface area contributed by atoms with Crippen molar-refractivity contribution in [3.05, 3.63) is 27.2 Å². The van der Waals surface area contributed by atoms with Gasteiger partial charge in [0.15, 0.2) is 11.4 Å². The van der Waals surface area contributed by atoms with Gasteiger partial charge in [-0.1, -0.05) is 0 Å². The molecule has 0 aromatic carbocycles. The van der Waals surface area contributed by atoms with Crippen molar-refractivity contribution in [1.29, 1.82) is 0 Å². The van der Waals surface area contributed by atoms with Gasteiger partial charge in [0.25, 0.3) is 0 Å². The molecule has 148 valence electrons. The molecular formula is C14H12BrF6N5O. The molecule has 2 aromatic heterocycles. The van der Waals surface area contributed by atoms with Crippen LogP contribution in [-0.2, 0) is 23.7 Å². The fourth-order valence-corrected chi connectivity index (χ4v) is 3.44. The van der Waals surface area contributed by atoms with Crippen molar-refractivity contribution in [2.24, 2.45) is 0 Å². The van der Waals surface area contributed by atoms with Crippen LogP contribution in [0.15, 0.2) is 4.47 Å². The van der Waals surface area contributed by atoms with Gasteiger partial charge in [0.1, 0.15) is 6.54 Å². The summed E-state index contributed by atoms with van der Waals surface area (Å²) in [6, 6.07) is 0. The second kappa shape index (κ2) is 6.53. The molecule has 2 heterocycles. The second-order valence-corrected chi connectivity index (χ2v) is 6.89. The van der Waals surface area contributed by atoms with E-state index in [1.807, 2.05) is 0 Å². The van der Waals surface area contributed by atoms with Crippen molar-refractivity contribution in [1.82, 2.24) is 20.0 Å². The smallest absolute Gasteiger partial charge is 0.321 e. The van der Waals surface area contributed by atoms with Crippen LogP contribution in [-0.4, -0.2) is 25.9 Å². The minimum absolute atomic E-state index is 0.0317. The first-order valence-corrected chi connectivity index (χ1v) is 8.44. The number of hydrogen-bond donors (Lipinski definition) is 2. The molecule has 0 aliphatic heterocycles. The van der Waals surface area contributed by atoms with E-state index < -0.39 is 41.9 Å². The van der Waals surface area contributed by atoms with Crippen LogP contribution in [0.25, 0.3) is 0 Å². The third-order valence-corrected chi connectivity index (χ3v) is 4.72. The van der Waals surface area contributed by atoms with E-state index in [0.29, 0.717) is 12.8 Å². The number of halogens is 7. The fourth-order valence-electron chi connectivity index (χ4n) is 2.60. The molecule has 0 bridgehead atoms. The van der Waals surface area contributed by atoms with Crippen LogP contribution >= 0.6 is 15.9 Å². The van der Waals surface area contributed by atoms with E-state index in [9.17, 15) is 31.1 Å². The van der Waals surface area contributed by atoms with Gasteiger partial charge >= 0.3 is 12.4 Å². The molecule has 0 radical (unpaired) electrons. The highest BCUT2D eigenvalue weighted by atomic mass is 79.9. The molecule has 0 spiro atoms. The molecule has 1 fully saturated rings. The number of carbonyl (C=O) groups is 1. The third kappa shape index (κ3) is 3.96. The number of aromatic amines is 1. The van der Waals surface area contributed by atoms with Crippen LogP contribution < -0.4 is 5.32 Å². The predicted octanol–water partition coefficient (Wildman–Crippen LogP) is 4.23. The van der Waals surface area contributed by atoms with Crippen molar-refractivity contribution in [2.45, 2.75) is 44.6 Å². The summed E-state index contributed by atoms with van der Waals surface area (Å²) in [7, 11) is 0. The maximum Gasteiger partial charge on any atom is 0.437 e. The number of amides is 1. The number of nitrogens with zero attached hydrogens (tertiary/aromatic N) is 3. The number of anilines is 1. The quantitative estimate of drug-likeness (QED) is 0.671. The summed E-state index contributed by atoms with van der Waals surface area (Å²) in [6.07, 6.45) is -8.25. The molecule has 1 aliphatic rings. The Morgan fingerprint density at radius 3 is 2.33 bits per heavy atom. The monoisotopic (exact) mass is 459 g/mol. The Hall–Kier alpha value is -2.05. The van der Waals surface area contributed by atoms with Gasteiger partial charge < -0.3 is 5.32 Å². The lowest BCUT2D eigenvalue weighted by Crippen LogP contribution is -2.23. The zero-order valence-electron chi connectivity index (χ0n) is 13.6. The minimum Gasteiger partial charge on any atom is -0.321 e. The topological polar surface area (TPSA) is 75.6 Å². The van der Waals surface area contributed by atoms with E-state index in [1.165, 1.54) is 6.92 Å². The first-order chi connectivity index (χ1) is 12.4. The van der Waals surface area contributed by atoms with Crippen molar-refractivity contribution < 1.29 is 31.1 Å². The van der Waals surface area contributed by atoms with Gasteiger partial charge in [-0.15, -0.1) is 0 Å². The number of aryl methyl sites for hydroxylation is 1. The largest absolute Gasteiger partial charge is 0.437 e.